The van der Waals surface area contributed by atoms with Crippen molar-refractivity contribution in [1.82, 2.24) is 15.5 Å². The van der Waals surface area contributed by atoms with E-state index in [4.69, 9.17) is 4.74 Å². The molecular formula is C20H34N4O. The van der Waals surface area contributed by atoms with Crippen LogP contribution in [0, 0.1) is 5.92 Å². The number of hydrogen-bond acceptors (Lipinski definition) is 3. The quantitative estimate of drug-likeness (QED) is 0.588. The summed E-state index contributed by atoms with van der Waals surface area (Å²) in [7, 11) is 3.54. The molecule has 0 radical (unpaired) electrons. The summed E-state index contributed by atoms with van der Waals surface area (Å²) in [6.45, 7) is 8.82. The first kappa shape index (κ1) is 19.6. The van der Waals surface area contributed by atoms with E-state index in [-0.39, 0.29) is 0 Å². The van der Waals surface area contributed by atoms with Gasteiger partial charge in [-0.3, -0.25) is 9.89 Å². The fraction of sp³-hybridized carbons (Fsp3) is 0.650. The molecule has 1 aliphatic heterocycles. The van der Waals surface area contributed by atoms with Crippen LogP contribution >= 0.6 is 0 Å². The van der Waals surface area contributed by atoms with Crippen molar-refractivity contribution in [1.29, 1.82) is 0 Å². The molecule has 0 aliphatic carbocycles. The highest BCUT2D eigenvalue weighted by molar-refractivity contribution is 5.79. The summed E-state index contributed by atoms with van der Waals surface area (Å²) in [5.41, 5.74) is 1.21. The van der Waals surface area contributed by atoms with Crippen molar-refractivity contribution < 1.29 is 4.74 Å². The Kier molecular flexibility index (Phi) is 8.06. The van der Waals surface area contributed by atoms with Crippen LogP contribution in [0.1, 0.15) is 32.3 Å². The fourth-order valence-corrected chi connectivity index (χ4v) is 3.29. The molecule has 0 bridgehead atoms. The van der Waals surface area contributed by atoms with E-state index in [0.717, 1.165) is 37.1 Å². The van der Waals surface area contributed by atoms with Crippen molar-refractivity contribution in [3.63, 3.8) is 0 Å². The molecule has 1 aromatic carbocycles. The van der Waals surface area contributed by atoms with E-state index < -0.39 is 0 Å². The van der Waals surface area contributed by atoms with Gasteiger partial charge in [0.25, 0.3) is 0 Å². The number of methoxy groups -OCH3 is 1. The van der Waals surface area contributed by atoms with Crippen molar-refractivity contribution in [3.05, 3.63) is 29.8 Å². The average Bonchev–Trinajstić information content (AvgIpc) is 2.65. The highest BCUT2D eigenvalue weighted by Gasteiger charge is 2.20. The second-order valence-electron chi connectivity index (χ2n) is 7.01. The zero-order chi connectivity index (χ0) is 18.1. The normalized spacial score (nSPS) is 18.0. The number of ether oxygens (including phenoxy) is 1. The SMILES string of the molecule is CN=C(NCCc1ccccc1OC)NCC(C)N1CCC(C)CC1. The Morgan fingerprint density at radius 1 is 1.28 bits per heavy atom. The molecule has 0 aromatic heterocycles. The molecule has 1 unspecified atom stereocenters. The van der Waals surface area contributed by atoms with Crippen molar-refractivity contribution in [2.24, 2.45) is 10.9 Å². The third-order valence-corrected chi connectivity index (χ3v) is 5.11. The first-order valence-electron chi connectivity index (χ1n) is 9.44. The van der Waals surface area contributed by atoms with E-state index in [1.165, 1.54) is 31.5 Å². The Balaban J connectivity index is 1.71. The summed E-state index contributed by atoms with van der Waals surface area (Å²) in [6.07, 6.45) is 3.54. The van der Waals surface area contributed by atoms with Gasteiger partial charge in [-0.2, -0.15) is 0 Å². The maximum Gasteiger partial charge on any atom is 0.191 e. The number of guanidine groups is 1. The van der Waals surface area contributed by atoms with Gasteiger partial charge in [-0.1, -0.05) is 25.1 Å². The van der Waals surface area contributed by atoms with Crippen molar-refractivity contribution in [2.75, 3.05) is 40.3 Å². The van der Waals surface area contributed by atoms with Gasteiger partial charge in [0, 0.05) is 26.2 Å². The molecule has 140 valence electrons. The summed E-state index contributed by atoms with van der Waals surface area (Å²) in [5.74, 6) is 2.69. The lowest BCUT2D eigenvalue weighted by atomic mass is 9.98. The number of nitrogens with zero attached hydrogens (tertiary/aromatic N) is 2. The molecule has 25 heavy (non-hydrogen) atoms. The minimum atomic E-state index is 0.528. The second-order valence-corrected chi connectivity index (χ2v) is 7.01. The van der Waals surface area contributed by atoms with E-state index in [0.29, 0.717) is 6.04 Å². The summed E-state index contributed by atoms with van der Waals surface area (Å²) in [4.78, 5) is 6.91. The van der Waals surface area contributed by atoms with Gasteiger partial charge in [-0.25, -0.2) is 0 Å². The van der Waals surface area contributed by atoms with E-state index in [1.807, 2.05) is 25.2 Å². The number of benzene rings is 1. The number of para-hydroxylation sites is 1. The van der Waals surface area contributed by atoms with Crippen LogP contribution in [0.2, 0.25) is 0 Å². The molecular weight excluding hydrogens is 312 g/mol. The molecule has 1 aromatic rings. The molecule has 1 heterocycles. The number of piperidine rings is 1. The molecule has 1 saturated heterocycles. The summed E-state index contributed by atoms with van der Waals surface area (Å²) < 4.78 is 5.40. The Hall–Kier alpha value is -1.75. The van der Waals surface area contributed by atoms with Crippen molar-refractivity contribution >= 4 is 5.96 Å². The van der Waals surface area contributed by atoms with Gasteiger partial charge in [-0.15, -0.1) is 0 Å². The predicted octanol–water partition coefficient (Wildman–Crippen LogP) is 2.52. The third-order valence-electron chi connectivity index (χ3n) is 5.11. The lowest BCUT2D eigenvalue weighted by Gasteiger charge is -2.35. The summed E-state index contributed by atoms with van der Waals surface area (Å²) >= 11 is 0. The molecule has 2 rings (SSSR count). The maximum atomic E-state index is 5.40. The van der Waals surface area contributed by atoms with Crippen LogP contribution in [-0.2, 0) is 6.42 Å². The van der Waals surface area contributed by atoms with Crippen LogP contribution in [0.3, 0.4) is 0 Å². The van der Waals surface area contributed by atoms with Gasteiger partial charge in [0.05, 0.1) is 7.11 Å². The first-order chi connectivity index (χ1) is 12.1. The van der Waals surface area contributed by atoms with E-state index in [9.17, 15) is 0 Å². The van der Waals surface area contributed by atoms with E-state index in [2.05, 4.69) is 40.4 Å². The van der Waals surface area contributed by atoms with Crippen LogP contribution in [0.5, 0.6) is 5.75 Å². The number of hydrogen-bond donors (Lipinski definition) is 2. The van der Waals surface area contributed by atoms with E-state index >= 15 is 0 Å². The Bertz CT molecular complexity index is 538. The lowest BCUT2D eigenvalue weighted by molar-refractivity contribution is 0.147. The standard InChI is InChI=1S/C20H34N4O/c1-16-10-13-24(14-11-16)17(2)15-23-20(21-3)22-12-9-18-7-5-6-8-19(18)25-4/h5-8,16-17H,9-15H2,1-4H3,(H2,21,22,23). The lowest BCUT2D eigenvalue weighted by Crippen LogP contribution is -2.48. The van der Waals surface area contributed by atoms with Gasteiger partial charge >= 0.3 is 0 Å². The van der Waals surface area contributed by atoms with Crippen LogP contribution in [0.15, 0.2) is 29.3 Å². The zero-order valence-electron chi connectivity index (χ0n) is 16.2. The molecule has 5 heteroatoms. The predicted molar refractivity (Wildman–Crippen MR) is 105 cm³/mol. The van der Waals surface area contributed by atoms with Crippen LogP contribution < -0.4 is 15.4 Å². The molecule has 1 aliphatic rings. The highest BCUT2D eigenvalue weighted by Crippen LogP contribution is 2.18. The van der Waals surface area contributed by atoms with Crippen LogP contribution in [0.4, 0.5) is 0 Å². The Morgan fingerprint density at radius 2 is 2.00 bits per heavy atom. The first-order valence-corrected chi connectivity index (χ1v) is 9.44. The summed E-state index contributed by atoms with van der Waals surface area (Å²) in [6, 6.07) is 8.69. The molecule has 5 nitrogen and oxygen atoms in total. The zero-order valence-corrected chi connectivity index (χ0v) is 16.2. The van der Waals surface area contributed by atoms with Gasteiger partial charge in [0.15, 0.2) is 5.96 Å². The Labute approximate surface area is 152 Å². The third kappa shape index (κ3) is 6.24. The monoisotopic (exact) mass is 346 g/mol. The van der Waals surface area contributed by atoms with Gasteiger partial charge in [0.2, 0.25) is 0 Å². The molecule has 0 spiro atoms. The minimum absolute atomic E-state index is 0.528. The van der Waals surface area contributed by atoms with Gasteiger partial charge < -0.3 is 15.4 Å². The van der Waals surface area contributed by atoms with Crippen LogP contribution in [0.25, 0.3) is 0 Å². The smallest absolute Gasteiger partial charge is 0.191 e. The molecule has 2 N–H and O–H groups in total. The number of rotatable bonds is 7. The molecule has 0 amide bonds. The Morgan fingerprint density at radius 3 is 2.68 bits per heavy atom. The minimum Gasteiger partial charge on any atom is -0.496 e. The average molecular weight is 347 g/mol. The largest absolute Gasteiger partial charge is 0.496 e. The molecule has 1 fully saturated rings. The highest BCUT2D eigenvalue weighted by atomic mass is 16.5. The number of nitrogens with one attached hydrogen (secondary N) is 2. The maximum absolute atomic E-state index is 5.40. The number of likely N-dealkylation sites (tertiary alicyclic amines) is 1. The number of aliphatic imine (C=N–C) groups is 1. The van der Waals surface area contributed by atoms with Crippen molar-refractivity contribution in [2.45, 2.75) is 39.2 Å². The fourth-order valence-electron chi connectivity index (χ4n) is 3.29. The molecule has 0 saturated carbocycles. The van der Waals surface area contributed by atoms with Gasteiger partial charge in [-0.05, 0) is 56.8 Å². The topological polar surface area (TPSA) is 48.9 Å². The second kappa shape index (κ2) is 10.3. The van der Waals surface area contributed by atoms with Crippen LogP contribution in [-0.4, -0.2) is 57.2 Å². The molecule has 1 atom stereocenters. The van der Waals surface area contributed by atoms with E-state index in [1.54, 1.807) is 7.11 Å². The van der Waals surface area contributed by atoms with Crippen molar-refractivity contribution in [3.8, 4) is 5.75 Å². The summed E-state index contributed by atoms with van der Waals surface area (Å²) in [5, 5.41) is 6.86. The van der Waals surface area contributed by atoms with Gasteiger partial charge in [0.1, 0.15) is 5.75 Å².